The molecule has 1 heterocycles. The van der Waals surface area contributed by atoms with E-state index in [1.165, 1.54) is 11.8 Å². The van der Waals surface area contributed by atoms with Crippen molar-refractivity contribution >= 4 is 40.2 Å². The predicted molar refractivity (Wildman–Crippen MR) is 93.6 cm³/mol. The Bertz CT molecular complexity index is 876. The number of benzene rings is 2. The van der Waals surface area contributed by atoms with Crippen LogP contribution in [0.15, 0.2) is 52.3 Å². The van der Waals surface area contributed by atoms with Gasteiger partial charge in [0.25, 0.3) is 0 Å². The van der Waals surface area contributed by atoms with E-state index in [4.69, 9.17) is 11.6 Å². The molecule has 0 amide bonds. The van der Waals surface area contributed by atoms with Crippen molar-refractivity contribution < 1.29 is 9.90 Å². The van der Waals surface area contributed by atoms with E-state index in [1.54, 1.807) is 6.07 Å². The molecule has 0 saturated carbocycles. The molecule has 0 aliphatic carbocycles. The van der Waals surface area contributed by atoms with Crippen LogP contribution in [-0.2, 0) is 6.54 Å². The molecule has 118 valence electrons. The molecule has 3 aromatic rings. The zero-order valence-corrected chi connectivity index (χ0v) is 14.0. The average Bonchev–Trinajstić information content (AvgIpc) is 2.86. The molecule has 0 atom stereocenters. The van der Waals surface area contributed by atoms with Gasteiger partial charge in [-0.3, -0.25) is 0 Å². The van der Waals surface area contributed by atoms with Gasteiger partial charge in [0, 0.05) is 27.4 Å². The van der Waals surface area contributed by atoms with Crippen molar-refractivity contribution in [1.29, 1.82) is 0 Å². The first kappa shape index (κ1) is 15.9. The number of aromatic amines is 1. The molecule has 0 radical (unpaired) electrons. The Morgan fingerprint density at radius 1 is 1.30 bits per heavy atom. The number of halogens is 1. The molecule has 0 bridgehead atoms. The Morgan fingerprint density at radius 2 is 2.13 bits per heavy atom. The molecule has 0 fully saturated rings. The summed E-state index contributed by atoms with van der Waals surface area (Å²) in [5.74, 6) is -0.971. The third kappa shape index (κ3) is 3.37. The number of carbonyl (C=O) groups is 1. The summed E-state index contributed by atoms with van der Waals surface area (Å²) in [6.45, 7) is 0.727. The summed E-state index contributed by atoms with van der Waals surface area (Å²) >= 11 is 7.43. The fourth-order valence-corrected chi connectivity index (χ4v) is 3.78. The fourth-order valence-electron chi connectivity index (χ4n) is 2.43. The zero-order valence-electron chi connectivity index (χ0n) is 12.4. The van der Waals surface area contributed by atoms with Crippen LogP contribution in [-0.4, -0.2) is 23.1 Å². The lowest BCUT2D eigenvalue weighted by Crippen LogP contribution is -2.04. The lowest BCUT2D eigenvalue weighted by atomic mass is 10.1. The van der Waals surface area contributed by atoms with Gasteiger partial charge in [0.05, 0.1) is 4.90 Å². The molecular formula is C17H15ClN2O2S. The summed E-state index contributed by atoms with van der Waals surface area (Å²) in [5, 5.41) is 14.1. The molecule has 3 rings (SSSR count). The molecule has 1 aromatic heterocycles. The summed E-state index contributed by atoms with van der Waals surface area (Å²) in [5.41, 5.74) is 2.11. The normalized spacial score (nSPS) is 11.0. The van der Waals surface area contributed by atoms with E-state index in [0.29, 0.717) is 9.92 Å². The first-order valence-corrected chi connectivity index (χ1v) is 8.24. The second-order valence-electron chi connectivity index (χ2n) is 5.10. The number of rotatable bonds is 5. The van der Waals surface area contributed by atoms with Gasteiger partial charge in [-0.25, -0.2) is 4.79 Å². The molecule has 0 unspecified atom stereocenters. The Balaban J connectivity index is 2.12. The summed E-state index contributed by atoms with van der Waals surface area (Å²) < 4.78 is 0. The highest BCUT2D eigenvalue weighted by Crippen LogP contribution is 2.37. The maximum absolute atomic E-state index is 11.6. The van der Waals surface area contributed by atoms with Crippen molar-refractivity contribution in [2.45, 2.75) is 16.3 Å². The van der Waals surface area contributed by atoms with E-state index in [9.17, 15) is 9.90 Å². The van der Waals surface area contributed by atoms with E-state index < -0.39 is 5.97 Å². The summed E-state index contributed by atoms with van der Waals surface area (Å²) in [6.07, 6.45) is 0. The van der Waals surface area contributed by atoms with Crippen molar-refractivity contribution in [3.8, 4) is 0 Å². The van der Waals surface area contributed by atoms with Gasteiger partial charge in [-0.05, 0) is 42.9 Å². The summed E-state index contributed by atoms with van der Waals surface area (Å²) in [4.78, 5) is 16.2. The molecule has 23 heavy (non-hydrogen) atoms. The highest BCUT2D eigenvalue weighted by Gasteiger charge is 2.18. The van der Waals surface area contributed by atoms with Gasteiger partial charge in [0.15, 0.2) is 0 Å². The van der Waals surface area contributed by atoms with Crippen LogP contribution in [0.5, 0.6) is 0 Å². The van der Waals surface area contributed by atoms with Crippen molar-refractivity contribution in [3.63, 3.8) is 0 Å². The van der Waals surface area contributed by atoms with Gasteiger partial charge < -0.3 is 15.4 Å². The van der Waals surface area contributed by atoms with Crippen LogP contribution in [0.3, 0.4) is 0 Å². The second-order valence-corrected chi connectivity index (χ2v) is 6.62. The van der Waals surface area contributed by atoms with Crippen LogP contribution in [0.4, 0.5) is 0 Å². The average molecular weight is 347 g/mol. The van der Waals surface area contributed by atoms with Gasteiger partial charge in [-0.15, -0.1) is 0 Å². The Labute approximate surface area is 142 Å². The van der Waals surface area contributed by atoms with Crippen LogP contribution in [0.25, 0.3) is 10.9 Å². The number of carboxylic acid groups (broad SMARTS) is 1. The lowest BCUT2D eigenvalue weighted by Gasteiger charge is -2.04. The predicted octanol–water partition coefficient (Wildman–Crippen LogP) is 4.39. The second kappa shape index (κ2) is 6.66. The fraction of sp³-hybridized carbons (Fsp3) is 0.118. The van der Waals surface area contributed by atoms with Crippen LogP contribution >= 0.6 is 23.4 Å². The van der Waals surface area contributed by atoms with Gasteiger partial charge in [-0.2, -0.15) is 0 Å². The van der Waals surface area contributed by atoms with E-state index >= 15 is 0 Å². The number of nitrogens with one attached hydrogen (secondary N) is 2. The van der Waals surface area contributed by atoms with E-state index in [2.05, 4.69) is 10.3 Å². The number of aromatic nitrogens is 1. The molecule has 4 nitrogen and oxygen atoms in total. The smallest absolute Gasteiger partial charge is 0.353 e. The number of hydrogen-bond donors (Lipinski definition) is 3. The highest BCUT2D eigenvalue weighted by atomic mass is 35.5. The minimum Gasteiger partial charge on any atom is -0.477 e. The van der Waals surface area contributed by atoms with Crippen molar-refractivity contribution in [3.05, 3.63) is 58.7 Å². The molecule has 0 spiro atoms. The number of hydrogen-bond acceptors (Lipinski definition) is 3. The van der Waals surface area contributed by atoms with E-state index in [-0.39, 0.29) is 5.69 Å². The van der Waals surface area contributed by atoms with Crippen molar-refractivity contribution in [2.24, 2.45) is 0 Å². The third-order valence-electron chi connectivity index (χ3n) is 3.43. The van der Waals surface area contributed by atoms with Gasteiger partial charge in [-0.1, -0.05) is 35.5 Å². The Hall–Kier alpha value is -1.95. The van der Waals surface area contributed by atoms with Crippen LogP contribution in [0.2, 0.25) is 5.02 Å². The standard InChI is InChI=1S/C17H15ClN2O2S/c1-19-9-10-5-6-14-13(7-10)16(15(20-14)17(21)22)23-12-4-2-3-11(18)8-12/h2-8,19-20H,9H2,1H3,(H,21,22). The third-order valence-corrected chi connectivity index (χ3v) is 4.78. The van der Waals surface area contributed by atoms with E-state index in [0.717, 1.165) is 27.9 Å². The quantitative estimate of drug-likeness (QED) is 0.641. The molecular weight excluding hydrogens is 332 g/mol. The lowest BCUT2D eigenvalue weighted by molar-refractivity contribution is 0.0688. The Morgan fingerprint density at radius 3 is 2.83 bits per heavy atom. The van der Waals surface area contributed by atoms with Crippen LogP contribution in [0, 0.1) is 0 Å². The minimum absolute atomic E-state index is 0.201. The largest absolute Gasteiger partial charge is 0.477 e. The first-order valence-electron chi connectivity index (χ1n) is 7.04. The zero-order chi connectivity index (χ0) is 16.4. The molecule has 2 aromatic carbocycles. The van der Waals surface area contributed by atoms with Crippen molar-refractivity contribution in [2.75, 3.05) is 7.05 Å². The van der Waals surface area contributed by atoms with Gasteiger partial charge >= 0.3 is 5.97 Å². The molecule has 0 saturated heterocycles. The van der Waals surface area contributed by atoms with Gasteiger partial charge in [0.2, 0.25) is 0 Å². The molecule has 0 aliphatic heterocycles. The van der Waals surface area contributed by atoms with Crippen molar-refractivity contribution in [1.82, 2.24) is 10.3 Å². The maximum atomic E-state index is 11.6. The monoisotopic (exact) mass is 346 g/mol. The number of aromatic carboxylic acids is 1. The summed E-state index contributed by atoms with van der Waals surface area (Å²) in [6, 6.07) is 13.3. The van der Waals surface area contributed by atoms with E-state index in [1.807, 2.05) is 43.4 Å². The SMILES string of the molecule is CNCc1ccc2[nH]c(C(=O)O)c(Sc3cccc(Cl)c3)c2c1. The number of fused-ring (bicyclic) bond motifs is 1. The minimum atomic E-state index is -0.971. The first-order chi connectivity index (χ1) is 11.1. The van der Waals surface area contributed by atoms with Crippen LogP contribution in [0.1, 0.15) is 16.1 Å². The Kier molecular flexibility index (Phi) is 4.61. The van der Waals surface area contributed by atoms with Crippen LogP contribution < -0.4 is 5.32 Å². The van der Waals surface area contributed by atoms with Gasteiger partial charge in [0.1, 0.15) is 5.69 Å². The molecule has 3 N–H and O–H groups in total. The summed E-state index contributed by atoms with van der Waals surface area (Å²) in [7, 11) is 1.88. The topological polar surface area (TPSA) is 65.1 Å². The number of carboxylic acids is 1. The number of H-pyrrole nitrogens is 1. The highest BCUT2D eigenvalue weighted by molar-refractivity contribution is 7.99. The maximum Gasteiger partial charge on any atom is 0.353 e. The molecule has 6 heteroatoms. The molecule has 0 aliphatic rings.